The Kier molecular flexibility index (Phi) is 4.73. The Morgan fingerprint density at radius 3 is 2.69 bits per heavy atom. The molecule has 1 aliphatic rings. The zero-order chi connectivity index (χ0) is 22.6. The maximum absolute atomic E-state index is 14.3. The van der Waals surface area contributed by atoms with E-state index in [9.17, 15) is 17.6 Å². The second kappa shape index (κ2) is 7.37. The number of hydrogen-bond acceptors (Lipinski definition) is 5. The molecular weight excluding hydrogens is 426 g/mol. The van der Waals surface area contributed by atoms with Gasteiger partial charge >= 0.3 is 6.18 Å². The molecule has 0 spiro atoms. The first kappa shape index (κ1) is 20.6. The molecule has 32 heavy (non-hydrogen) atoms. The van der Waals surface area contributed by atoms with Crippen molar-refractivity contribution in [2.75, 3.05) is 13.1 Å². The van der Waals surface area contributed by atoms with Crippen LogP contribution in [0, 0.1) is 12.7 Å². The van der Waals surface area contributed by atoms with Crippen molar-refractivity contribution in [1.82, 2.24) is 34.7 Å². The molecule has 4 aromatic rings. The van der Waals surface area contributed by atoms with Crippen LogP contribution < -0.4 is 5.32 Å². The van der Waals surface area contributed by atoms with E-state index in [1.54, 1.807) is 17.8 Å². The molecule has 4 heterocycles. The average molecular weight is 445 g/mol. The molecular formula is C21H19F4N7. The van der Waals surface area contributed by atoms with Gasteiger partial charge < -0.3 is 5.32 Å². The monoisotopic (exact) mass is 445 g/mol. The van der Waals surface area contributed by atoms with Crippen molar-refractivity contribution in [2.24, 2.45) is 7.05 Å². The first-order valence-corrected chi connectivity index (χ1v) is 10.1. The third kappa shape index (κ3) is 3.24. The number of alkyl halides is 3. The molecule has 1 aromatic carbocycles. The maximum Gasteiger partial charge on any atom is 0.419 e. The van der Waals surface area contributed by atoms with Crippen LogP contribution in [0.5, 0.6) is 0 Å². The molecule has 0 aliphatic carbocycles. The molecule has 3 aromatic heterocycles. The van der Waals surface area contributed by atoms with Crippen molar-refractivity contribution in [1.29, 1.82) is 0 Å². The Morgan fingerprint density at radius 2 is 2.00 bits per heavy atom. The predicted octanol–water partition coefficient (Wildman–Crippen LogP) is 3.74. The molecule has 0 radical (unpaired) electrons. The SMILES string of the molecule is Cc1nc(-c2cnn(C)c2-c2ccc(C(F)(F)F)c(F)c2)c2c(C3CCNC3)ncnn12. The minimum absolute atomic E-state index is 0.180. The van der Waals surface area contributed by atoms with Crippen LogP contribution in [0.1, 0.15) is 29.4 Å². The van der Waals surface area contributed by atoms with E-state index < -0.39 is 17.6 Å². The summed E-state index contributed by atoms with van der Waals surface area (Å²) in [6, 6.07) is 2.87. The number of aromatic nitrogens is 6. The summed E-state index contributed by atoms with van der Waals surface area (Å²) in [6.07, 6.45) is -0.776. The van der Waals surface area contributed by atoms with Gasteiger partial charge in [-0.05, 0) is 32.0 Å². The first-order valence-electron chi connectivity index (χ1n) is 10.1. The van der Waals surface area contributed by atoms with E-state index in [1.165, 1.54) is 17.1 Å². The highest BCUT2D eigenvalue weighted by atomic mass is 19.4. The Labute approximate surface area is 180 Å². The van der Waals surface area contributed by atoms with E-state index in [4.69, 9.17) is 0 Å². The van der Waals surface area contributed by atoms with Crippen LogP contribution in [-0.2, 0) is 13.2 Å². The van der Waals surface area contributed by atoms with Gasteiger partial charge in [0.25, 0.3) is 0 Å². The zero-order valence-electron chi connectivity index (χ0n) is 17.3. The minimum atomic E-state index is -4.77. The molecule has 0 saturated carbocycles. The van der Waals surface area contributed by atoms with Crippen molar-refractivity contribution in [3.05, 3.63) is 53.6 Å². The molecule has 1 fully saturated rings. The molecule has 166 valence electrons. The van der Waals surface area contributed by atoms with Gasteiger partial charge in [0.15, 0.2) is 0 Å². The molecule has 5 rings (SSSR count). The van der Waals surface area contributed by atoms with Crippen LogP contribution in [0.15, 0.2) is 30.7 Å². The lowest BCUT2D eigenvalue weighted by Crippen LogP contribution is -2.11. The summed E-state index contributed by atoms with van der Waals surface area (Å²) in [4.78, 5) is 9.21. The number of fused-ring (bicyclic) bond motifs is 1. The normalized spacial score (nSPS) is 16.9. The largest absolute Gasteiger partial charge is 0.419 e. The fourth-order valence-corrected chi connectivity index (χ4v) is 4.32. The number of aryl methyl sites for hydroxylation is 2. The van der Waals surface area contributed by atoms with Gasteiger partial charge in [0, 0.05) is 30.6 Å². The summed E-state index contributed by atoms with van der Waals surface area (Å²) in [5.74, 6) is -0.522. The van der Waals surface area contributed by atoms with Crippen LogP contribution >= 0.6 is 0 Å². The van der Waals surface area contributed by atoms with Crippen LogP contribution in [0.4, 0.5) is 17.6 Å². The lowest BCUT2D eigenvalue weighted by Gasteiger charge is -2.12. The van der Waals surface area contributed by atoms with E-state index in [1.807, 2.05) is 6.92 Å². The van der Waals surface area contributed by atoms with Crippen molar-refractivity contribution in [2.45, 2.75) is 25.4 Å². The van der Waals surface area contributed by atoms with Crippen LogP contribution in [-0.4, -0.2) is 42.5 Å². The first-order chi connectivity index (χ1) is 15.3. The number of hydrogen-bond donors (Lipinski definition) is 1. The smallest absolute Gasteiger partial charge is 0.316 e. The molecule has 0 bridgehead atoms. The van der Waals surface area contributed by atoms with Crippen molar-refractivity contribution >= 4 is 5.52 Å². The van der Waals surface area contributed by atoms with Gasteiger partial charge in [-0.1, -0.05) is 6.07 Å². The molecule has 1 unspecified atom stereocenters. The summed E-state index contributed by atoms with van der Waals surface area (Å²) in [5, 5.41) is 11.9. The Hall–Kier alpha value is -3.34. The lowest BCUT2D eigenvalue weighted by molar-refractivity contribution is -0.139. The quantitative estimate of drug-likeness (QED) is 0.487. The number of imidazole rings is 1. The summed E-state index contributed by atoms with van der Waals surface area (Å²) in [7, 11) is 1.65. The second-order valence-electron chi connectivity index (χ2n) is 7.83. The molecule has 0 amide bonds. The number of halogens is 4. The van der Waals surface area contributed by atoms with E-state index in [2.05, 4.69) is 25.5 Å². The summed E-state index contributed by atoms with van der Waals surface area (Å²) < 4.78 is 56.6. The Balaban J connectivity index is 1.71. The highest BCUT2D eigenvalue weighted by Crippen LogP contribution is 2.38. The van der Waals surface area contributed by atoms with E-state index >= 15 is 0 Å². The fourth-order valence-electron chi connectivity index (χ4n) is 4.32. The average Bonchev–Trinajstić information content (AvgIpc) is 3.46. The third-order valence-corrected chi connectivity index (χ3v) is 5.81. The fraction of sp³-hybridized carbons (Fsp3) is 0.333. The molecule has 1 aliphatic heterocycles. The predicted molar refractivity (Wildman–Crippen MR) is 108 cm³/mol. The van der Waals surface area contributed by atoms with Gasteiger partial charge in [-0.2, -0.15) is 23.4 Å². The molecule has 7 nitrogen and oxygen atoms in total. The van der Waals surface area contributed by atoms with Gasteiger partial charge in [-0.25, -0.2) is 18.9 Å². The highest BCUT2D eigenvalue weighted by Gasteiger charge is 2.34. The van der Waals surface area contributed by atoms with Gasteiger partial charge in [-0.15, -0.1) is 0 Å². The van der Waals surface area contributed by atoms with Gasteiger partial charge in [0.05, 0.1) is 23.1 Å². The van der Waals surface area contributed by atoms with Gasteiger partial charge in [0.2, 0.25) is 0 Å². The molecule has 1 atom stereocenters. The Bertz CT molecular complexity index is 1320. The lowest BCUT2D eigenvalue weighted by atomic mass is 9.99. The molecule has 1 N–H and O–H groups in total. The van der Waals surface area contributed by atoms with Crippen molar-refractivity contribution in [3.8, 4) is 22.5 Å². The second-order valence-corrected chi connectivity index (χ2v) is 7.83. The summed E-state index contributed by atoms with van der Waals surface area (Å²) in [6.45, 7) is 3.47. The number of nitrogens with zero attached hydrogens (tertiary/aromatic N) is 6. The topological polar surface area (TPSA) is 72.9 Å². The Morgan fingerprint density at radius 1 is 1.19 bits per heavy atom. The van der Waals surface area contributed by atoms with Crippen LogP contribution in [0.2, 0.25) is 0 Å². The minimum Gasteiger partial charge on any atom is -0.316 e. The molecule has 11 heteroatoms. The summed E-state index contributed by atoms with van der Waals surface area (Å²) >= 11 is 0. The maximum atomic E-state index is 14.3. The van der Waals surface area contributed by atoms with E-state index in [0.717, 1.165) is 42.9 Å². The standard InChI is InChI=1S/C21H19F4N7/c1-11-30-18(20-17(13-5-6-26-8-13)27-10-29-32(11)20)14-9-28-31(2)19(14)12-3-4-15(16(22)7-12)21(23,24)25/h3-4,7,9-10,13,26H,5-6,8H2,1-2H3. The zero-order valence-corrected chi connectivity index (χ0v) is 17.3. The number of benzene rings is 1. The van der Waals surface area contributed by atoms with Crippen molar-refractivity contribution in [3.63, 3.8) is 0 Å². The number of nitrogens with one attached hydrogen (secondary N) is 1. The summed E-state index contributed by atoms with van der Waals surface area (Å²) in [5.41, 5.74) is 2.11. The third-order valence-electron chi connectivity index (χ3n) is 5.81. The van der Waals surface area contributed by atoms with E-state index in [0.29, 0.717) is 22.8 Å². The van der Waals surface area contributed by atoms with Crippen LogP contribution in [0.3, 0.4) is 0 Å². The van der Waals surface area contributed by atoms with Gasteiger partial charge in [-0.3, -0.25) is 4.68 Å². The molecule has 1 saturated heterocycles. The van der Waals surface area contributed by atoms with E-state index in [-0.39, 0.29) is 11.5 Å². The highest BCUT2D eigenvalue weighted by molar-refractivity contribution is 5.88. The van der Waals surface area contributed by atoms with Gasteiger partial charge in [0.1, 0.15) is 29.2 Å². The number of rotatable bonds is 3. The van der Waals surface area contributed by atoms with Crippen LogP contribution in [0.25, 0.3) is 28.0 Å². The van der Waals surface area contributed by atoms with Crippen molar-refractivity contribution < 1.29 is 17.6 Å².